The fourth-order valence-electron chi connectivity index (χ4n) is 1.83. The van der Waals surface area contributed by atoms with E-state index in [9.17, 15) is 9.59 Å². The Morgan fingerprint density at radius 3 is 2.86 bits per heavy atom. The van der Waals surface area contributed by atoms with Gasteiger partial charge in [0.05, 0.1) is 5.69 Å². The molecule has 21 heavy (non-hydrogen) atoms. The highest BCUT2D eigenvalue weighted by Gasteiger charge is 2.13. The van der Waals surface area contributed by atoms with Gasteiger partial charge in [-0.15, -0.1) is 0 Å². The number of hydrogen-bond donors (Lipinski definition) is 4. The lowest BCUT2D eigenvalue weighted by atomic mass is 10.1. The number of aliphatic carboxylic acids is 1. The zero-order valence-corrected chi connectivity index (χ0v) is 11.1. The first-order chi connectivity index (χ1) is 10.1. The average molecular weight is 289 g/mol. The summed E-state index contributed by atoms with van der Waals surface area (Å²) < 4.78 is 0. The number of carbonyl (C=O) groups excluding carboxylic acids is 1. The first-order valence-electron chi connectivity index (χ1n) is 6.36. The van der Waals surface area contributed by atoms with Crippen molar-refractivity contribution in [1.82, 2.24) is 10.3 Å². The number of pyridine rings is 1. The van der Waals surface area contributed by atoms with E-state index in [-0.39, 0.29) is 13.0 Å². The highest BCUT2D eigenvalue weighted by Crippen LogP contribution is 2.21. The maximum Gasteiger partial charge on any atom is 0.332 e. The number of benzene rings is 1. The molecule has 0 spiro atoms. The Bertz CT molecular complexity index is 654. The molecule has 0 saturated heterocycles. The predicted octanol–water partition coefficient (Wildman–Crippen LogP) is 1.19. The molecule has 7 heteroatoms. The van der Waals surface area contributed by atoms with Gasteiger partial charge in [0.2, 0.25) is 0 Å². The number of amides is 2. The Kier molecular flexibility index (Phi) is 4.68. The number of nitrogens with zero attached hydrogens (tertiary/aromatic N) is 1. The average Bonchev–Trinajstić information content (AvgIpc) is 2.47. The van der Waals surface area contributed by atoms with Gasteiger partial charge in [0.25, 0.3) is 0 Å². The SMILES string of the molecule is O=C(NCC[C@H](O)C(=O)O)Nc1cccc2ccncc12. The van der Waals surface area contributed by atoms with Crippen molar-refractivity contribution in [2.24, 2.45) is 0 Å². The van der Waals surface area contributed by atoms with E-state index in [1.807, 2.05) is 18.2 Å². The summed E-state index contributed by atoms with van der Waals surface area (Å²) in [5.74, 6) is -1.31. The van der Waals surface area contributed by atoms with Crippen molar-refractivity contribution in [2.45, 2.75) is 12.5 Å². The highest BCUT2D eigenvalue weighted by atomic mass is 16.4. The third-order valence-corrected chi connectivity index (χ3v) is 2.92. The van der Waals surface area contributed by atoms with Crippen molar-refractivity contribution >= 4 is 28.5 Å². The van der Waals surface area contributed by atoms with Gasteiger partial charge in [-0.25, -0.2) is 9.59 Å². The van der Waals surface area contributed by atoms with Crippen LogP contribution in [0.2, 0.25) is 0 Å². The molecule has 2 rings (SSSR count). The largest absolute Gasteiger partial charge is 0.479 e. The quantitative estimate of drug-likeness (QED) is 0.660. The molecule has 4 N–H and O–H groups in total. The summed E-state index contributed by atoms with van der Waals surface area (Å²) in [6.07, 6.45) is 1.78. The van der Waals surface area contributed by atoms with Gasteiger partial charge >= 0.3 is 12.0 Å². The summed E-state index contributed by atoms with van der Waals surface area (Å²) in [6, 6.07) is 6.83. The van der Waals surface area contributed by atoms with Crippen LogP contribution in [0.5, 0.6) is 0 Å². The van der Waals surface area contributed by atoms with Crippen LogP contribution in [0.15, 0.2) is 36.7 Å². The number of aliphatic hydroxyl groups excluding tert-OH is 1. The summed E-state index contributed by atoms with van der Waals surface area (Å²) >= 11 is 0. The second kappa shape index (κ2) is 6.67. The number of hydrogen-bond acceptors (Lipinski definition) is 4. The molecule has 1 aromatic heterocycles. The first kappa shape index (κ1) is 14.7. The lowest BCUT2D eigenvalue weighted by Crippen LogP contribution is -2.33. The molecule has 110 valence electrons. The maximum absolute atomic E-state index is 11.7. The van der Waals surface area contributed by atoms with Gasteiger partial charge in [0.1, 0.15) is 0 Å². The van der Waals surface area contributed by atoms with Crippen LogP contribution in [0.4, 0.5) is 10.5 Å². The fourth-order valence-corrected chi connectivity index (χ4v) is 1.83. The minimum atomic E-state index is -1.48. The summed E-state index contributed by atoms with van der Waals surface area (Å²) in [6.45, 7) is 0.0579. The van der Waals surface area contributed by atoms with Crippen LogP contribution < -0.4 is 10.6 Å². The van der Waals surface area contributed by atoms with Gasteiger partial charge < -0.3 is 20.8 Å². The van der Waals surface area contributed by atoms with Gasteiger partial charge in [-0.1, -0.05) is 12.1 Å². The van der Waals surface area contributed by atoms with Gasteiger partial charge in [-0.05, 0) is 17.5 Å². The number of aliphatic hydroxyl groups is 1. The summed E-state index contributed by atoms with van der Waals surface area (Å²) in [7, 11) is 0. The Hall–Kier alpha value is -2.67. The van der Waals surface area contributed by atoms with Crippen molar-refractivity contribution < 1.29 is 19.8 Å². The molecule has 2 amide bonds. The topological polar surface area (TPSA) is 112 Å². The molecule has 2 aromatic rings. The molecule has 0 saturated carbocycles. The second-order valence-corrected chi connectivity index (χ2v) is 4.43. The number of rotatable bonds is 5. The monoisotopic (exact) mass is 289 g/mol. The van der Waals surface area contributed by atoms with Crippen molar-refractivity contribution in [1.29, 1.82) is 0 Å². The van der Waals surface area contributed by atoms with Crippen molar-refractivity contribution in [2.75, 3.05) is 11.9 Å². The molecular formula is C14H15N3O4. The number of anilines is 1. The number of nitrogens with one attached hydrogen (secondary N) is 2. The van der Waals surface area contributed by atoms with Gasteiger partial charge in [0.15, 0.2) is 6.10 Å². The van der Waals surface area contributed by atoms with Crippen LogP contribution in [-0.4, -0.2) is 39.8 Å². The van der Waals surface area contributed by atoms with Crippen molar-refractivity contribution in [3.8, 4) is 0 Å². The van der Waals surface area contributed by atoms with Crippen LogP contribution in [-0.2, 0) is 4.79 Å². The molecule has 0 aliphatic rings. The summed E-state index contributed by atoms with van der Waals surface area (Å²) in [4.78, 5) is 26.2. The second-order valence-electron chi connectivity index (χ2n) is 4.43. The third kappa shape index (κ3) is 3.90. The van der Waals surface area contributed by atoms with E-state index in [2.05, 4.69) is 15.6 Å². The third-order valence-electron chi connectivity index (χ3n) is 2.92. The van der Waals surface area contributed by atoms with E-state index in [1.54, 1.807) is 18.5 Å². The van der Waals surface area contributed by atoms with Crippen LogP contribution in [0, 0.1) is 0 Å². The van der Waals surface area contributed by atoms with E-state index in [1.165, 1.54) is 0 Å². The smallest absolute Gasteiger partial charge is 0.332 e. The number of urea groups is 1. The fraction of sp³-hybridized carbons (Fsp3) is 0.214. The van der Waals surface area contributed by atoms with E-state index in [0.29, 0.717) is 5.69 Å². The molecule has 0 aliphatic carbocycles. The Morgan fingerprint density at radius 2 is 2.10 bits per heavy atom. The molecule has 0 bridgehead atoms. The molecular weight excluding hydrogens is 274 g/mol. The van der Waals surface area contributed by atoms with Crippen molar-refractivity contribution in [3.05, 3.63) is 36.7 Å². The van der Waals surface area contributed by atoms with Crippen LogP contribution >= 0.6 is 0 Å². The van der Waals surface area contributed by atoms with Gasteiger partial charge in [0, 0.05) is 30.7 Å². The molecule has 0 aliphatic heterocycles. The maximum atomic E-state index is 11.7. The molecule has 1 aromatic carbocycles. The molecule has 0 unspecified atom stereocenters. The molecule has 1 atom stereocenters. The predicted molar refractivity (Wildman–Crippen MR) is 77.0 cm³/mol. The summed E-state index contributed by atoms with van der Waals surface area (Å²) in [5, 5.41) is 24.5. The van der Waals surface area contributed by atoms with Gasteiger partial charge in [-0.3, -0.25) is 4.98 Å². The normalized spacial score (nSPS) is 11.9. The van der Waals surface area contributed by atoms with E-state index in [4.69, 9.17) is 10.2 Å². The Labute approximate surface area is 120 Å². The first-order valence-corrected chi connectivity index (χ1v) is 6.36. The lowest BCUT2D eigenvalue weighted by molar-refractivity contribution is -0.146. The number of carbonyl (C=O) groups is 2. The summed E-state index contributed by atoms with van der Waals surface area (Å²) in [5.41, 5.74) is 0.608. The molecule has 0 fully saturated rings. The zero-order valence-electron chi connectivity index (χ0n) is 11.1. The number of carboxylic acid groups (broad SMARTS) is 1. The molecule has 0 radical (unpaired) electrons. The lowest BCUT2D eigenvalue weighted by Gasteiger charge is -2.10. The van der Waals surface area contributed by atoms with Crippen LogP contribution in [0.3, 0.4) is 0 Å². The van der Waals surface area contributed by atoms with Crippen LogP contribution in [0.1, 0.15) is 6.42 Å². The standard InChI is InChI=1S/C14H15N3O4/c18-12(13(19)20)5-7-16-14(21)17-11-3-1-2-9-4-6-15-8-10(9)11/h1-4,6,8,12,18H,5,7H2,(H,19,20)(H2,16,17,21)/t12-/m0/s1. The minimum Gasteiger partial charge on any atom is -0.479 e. The number of fused-ring (bicyclic) bond motifs is 1. The van der Waals surface area contributed by atoms with Crippen molar-refractivity contribution in [3.63, 3.8) is 0 Å². The van der Waals surface area contributed by atoms with E-state index < -0.39 is 18.1 Å². The molecule has 1 heterocycles. The Balaban J connectivity index is 1.94. The van der Waals surface area contributed by atoms with Crippen LogP contribution in [0.25, 0.3) is 10.8 Å². The van der Waals surface area contributed by atoms with Gasteiger partial charge in [-0.2, -0.15) is 0 Å². The highest BCUT2D eigenvalue weighted by molar-refractivity contribution is 6.01. The molecule has 7 nitrogen and oxygen atoms in total. The van der Waals surface area contributed by atoms with E-state index >= 15 is 0 Å². The minimum absolute atomic E-state index is 0.0557. The number of carboxylic acids is 1. The Morgan fingerprint density at radius 1 is 1.29 bits per heavy atom. The number of aromatic nitrogens is 1. The zero-order chi connectivity index (χ0) is 15.2. The van der Waals surface area contributed by atoms with E-state index in [0.717, 1.165) is 10.8 Å².